The average molecular weight is 258 g/mol. The van der Waals surface area contributed by atoms with Gasteiger partial charge in [-0.15, -0.1) is 0 Å². The minimum Gasteiger partial charge on any atom is -0.381 e. The van der Waals surface area contributed by atoms with Gasteiger partial charge in [0, 0.05) is 18.8 Å². The molecular formula is C11H18N2O3S. The molecule has 3 N–H and O–H groups in total. The zero-order chi connectivity index (χ0) is 12.7. The van der Waals surface area contributed by atoms with Gasteiger partial charge in [-0.05, 0) is 24.6 Å². The average Bonchev–Trinajstić information content (AvgIpc) is 2.30. The van der Waals surface area contributed by atoms with E-state index in [1.165, 1.54) is 0 Å². The van der Waals surface area contributed by atoms with Gasteiger partial charge in [-0.3, -0.25) is 4.72 Å². The summed E-state index contributed by atoms with van der Waals surface area (Å²) in [5, 5.41) is 0. The Morgan fingerprint density at radius 1 is 1.29 bits per heavy atom. The second-order valence-corrected chi connectivity index (χ2v) is 5.36. The summed E-state index contributed by atoms with van der Waals surface area (Å²) in [5.74, 6) is -0.0422. The van der Waals surface area contributed by atoms with E-state index in [2.05, 4.69) is 4.72 Å². The molecule has 0 aliphatic rings. The Kier molecular flexibility index (Phi) is 5.40. The number of nitrogens with one attached hydrogen (secondary N) is 1. The van der Waals surface area contributed by atoms with Crippen molar-refractivity contribution in [3.8, 4) is 0 Å². The van der Waals surface area contributed by atoms with Crippen LogP contribution in [0, 0.1) is 0 Å². The van der Waals surface area contributed by atoms with E-state index in [1.54, 1.807) is 24.3 Å². The van der Waals surface area contributed by atoms with E-state index in [0.717, 1.165) is 5.56 Å². The molecule has 1 rings (SSSR count). The van der Waals surface area contributed by atoms with Gasteiger partial charge in [0.25, 0.3) is 0 Å². The molecule has 0 fully saturated rings. The molecule has 1 aromatic carbocycles. The van der Waals surface area contributed by atoms with Crippen LogP contribution in [0.15, 0.2) is 24.3 Å². The number of anilines is 1. The largest absolute Gasteiger partial charge is 0.381 e. The first-order valence-electron chi connectivity index (χ1n) is 5.44. The fourth-order valence-electron chi connectivity index (χ4n) is 1.25. The molecule has 1 aromatic rings. The van der Waals surface area contributed by atoms with Crippen molar-refractivity contribution < 1.29 is 13.2 Å². The Labute approximate surface area is 102 Å². The van der Waals surface area contributed by atoms with Crippen LogP contribution in [0.3, 0.4) is 0 Å². The van der Waals surface area contributed by atoms with Gasteiger partial charge in [0.2, 0.25) is 10.0 Å². The third kappa shape index (κ3) is 5.16. The Morgan fingerprint density at radius 2 is 1.94 bits per heavy atom. The standard InChI is InChI=1S/C11H18N2O3S/c1-2-16-7-8-17(14,15)13-11-5-3-10(9-12)4-6-11/h3-6,13H,2,7-9,12H2,1H3. The lowest BCUT2D eigenvalue weighted by Gasteiger charge is -2.08. The van der Waals surface area contributed by atoms with Crippen molar-refractivity contribution in [2.24, 2.45) is 5.73 Å². The Morgan fingerprint density at radius 3 is 2.47 bits per heavy atom. The Balaban J connectivity index is 2.56. The number of benzene rings is 1. The van der Waals surface area contributed by atoms with Crippen molar-refractivity contribution in [1.82, 2.24) is 0 Å². The van der Waals surface area contributed by atoms with Gasteiger partial charge < -0.3 is 10.5 Å². The molecule has 0 amide bonds. The molecule has 0 radical (unpaired) electrons. The summed E-state index contributed by atoms with van der Waals surface area (Å²) in [7, 11) is -3.33. The van der Waals surface area contributed by atoms with Crippen LogP contribution in [-0.4, -0.2) is 27.4 Å². The molecule has 0 aliphatic heterocycles. The molecule has 0 unspecified atom stereocenters. The number of hydrogen-bond acceptors (Lipinski definition) is 4. The van der Waals surface area contributed by atoms with E-state index in [9.17, 15) is 8.42 Å². The SMILES string of the molecule is CCOCCS(=O)(=O)Nc1ccc(CN)cc1. The van der Waals surface area contributed by atoms with Crippen molar-refractivity contribution in [2.45, 2.75) is 13.5 Å². The van der Waals surface area contributed by atoms with Gasteiger partial charge >= 0.3 is 0 Å². The van der Waals surface area contributed by atoms with Crippen molar-refractivity contribution >= 4 is 15.7 Å². The Hall–Kier alpha value is -1.11. The molecular weight excluding hydrogens is 240 g/mol. The van der Waals surface area contributed by atoms with Gasteiger partial charge in [-0.1, -0.05) is 12.1 Å². The second-order valence-electron chi connectivity index (χ2n) is 3.52. The zero-order valence-electron chi connectivity index (χ0n) is 9.85. The van der Waals surface area contributed by atoms with E-state index in [1.807, 2.05) is 6.92 Å². The first-order valence-corrected chi connectivity index (χ1v) is 7.10. The highest BCUT2D eigenvalue weighted by Crippen LogP contribution is 2.11. The fraction of sp³-hybridized carbons (Fsp3) is 0.455. The van der Waals surface area contributed by atoms with E-state index in [4.69, 9.17) is 10.5 Å². The predicted octanol–water partition coefficient (Wildman–Crippen LogP) is 0.924. The third-order valence-electron chi connectivity index (χ3n) is 2.16. The molecule has 0 heterocycles. The summed E-state index contributed by atoms with van der Waals surface area (Å²) < 4.78 is 30.7. The van der Waals surface area contributed by atoms with Crippen molar-refractivity contribution in [2.75, 3.05) is 23.7 Å². The molecule has 0 saturated heterocycles. The topological polar surface area (TPSA) is 81.4 Å². The summed E-state index contributed by atoms with van der Waals surface area (Å²) in [4.78, 5) is 0. The highest BCUT2D eigenvalue weighted by molar-refractivity contribution is 7.92. The maximum absolute atomic E-state index is 11.6. The van der Waals surface area contributed by atoms with Crippen LogP contribution in [0.4, 0.5) is 5.69 Å². The summed E-state index contributed by atoms with van der Waals surface area (Å²) in [6.07, 6.45) is 0. The number of hydrogen-bond donors (Lipinski definition) is 2. The molecule has 17 heavy (non-hydrogen) atoms. The second kappa shape index (κ2) is 6.58. The summed E-state index contributed by atoms with van der Waals surface area (Å²) in [6, 6.07) is 6.97. The van der Waals surface area contributed by atoms with Gasteiger partial charge in [-0.2, -0.15) is 0 Å². The van der Waals surface area contributed by atoms with Crippen LogP contribution in [0.5, 0.6) is 0 Å². The fourth-order valence-corrected chi connectivity index (χ4v) is 2.19. The van der Waals surface area contributed by atoms with Gasteiger partial charge in [-0.25, -0.2) is 8.42 Å². The van der Waals surface area contributed by atoms with Crippen LogP contribution in [0.2, 0.25) is 0 Å². The zero-order valence-corrected chi connectivity index (χ0v) is 10.7. The van der Waals surface area contributed by atoms with Crippen molar-refractivity contribution in [1.29, 1.82) is 0 Å². The molecule has 0 bridgehead atoms. The highest BCUT2D eigenvalue weighted by atomic mass is 32.2. The first-order chi connectivity index (χ1) is 8.07. The molecule has 0 spiro atoms. The number of nitrogens with two attached hydrogens (primary N) is 1. The molecule has 96 valence electrons. The Bertz CT molecular complexity index is 429. The predicted molar refractivity (Wildman–Crippen MR) is 68.2 cm³/mol. The molecule has 0 aromatic heterocycles. The molecule has 0 aliphatic carbocycles. The molecule has 6 heteroatoms. The van der Waals surface area contributed by atoms with E-state index in [0.29, 0.717) is 18.8 Å². The van der Waals surface area contributed by atoms with E-state index in [-0.39, 0.29) is 12.4 Å². The van der Waals surface area contributed by atoms with Gasteiger partial charge in [0.15, 0.2) is 0 Å². The van der Waals surface area contributed by atoms with E-state index >= 15 is 0 Å². The monoisotopic (exact) mass is 258 g/mol. The smallest absolute Gasteiger partial charge is 0.234 e. The normalized spacial score (nSPS) is 11.4. The quantitative estimate of drug-likeness (QED) is 0.713. The maximum atomic E-state index is 11.6. The lowest BCUT2D eigenvalue weighted by Crippen LogP contribution is -2.20. The van der Waals surface area contributed by atoms with Crippen LogP contribution in [0.1, 0.15) is 12.5 Å². The minimum absolute atomic E-state index is 0.0422. The minimum atomic E-state index is -3.33. The van der Waals surface area contributed by atoms with Crippen LogP contribution in [-0.2, 0) is 21.3 Å². The lowest BCUT2D eigenvalue weighted by molar-refractivity contribution is 0.163. The van der Waals surface area contributed by atoms with E-state index < -0.39 is 10.0 Å². The molecule has 0 atom stereocenters. The summed E-state index contributed by atoms with van der Waals surface area (Å²) >= 11 is 0. The third-order valence-corrected chi connectivity index (χ3v) is 3.41. The van der Waals surface area contributed by atoms with Crippen LogP contribution < -0.4 is 10.5 Å². The van der Waals surface area contributed by atoms with Gasteiger partial charge in [0.05, 0.1) is 12.4 Å². The number of rotatable bonds is 7. The molecule has 0 saturated carbocycles. The van der Waals surface area contributed by atoms with Crippen molar-refractivity contribution in [3.05, 3.63) is 29.8 Å². The van der Waals surface area contributed by atoms with Crippen LogP contribution >= 0.6 is 0 Å². The van der Waals surface area contributed by atoms with Crippen molar-refractivity contribution in [3.63, 3.8) is 0 Å². The lowest BCUT2D eigenvalue weighted by atomic mass is 10.2. The molecule has 5 nitrogen and oxygen atoms in total. The summed E-state index contributed by atoms with van der Waals surface area (Å²) in [5.41, 5.74) is 6.95. The first kappa shape index (κ1) is 14.0. The number of ether oxygens (including phenoxy) is 1. The van der Waals surface area contributed by atoms with Crippen LogP contribution in [0.25, 0.3) is 0 Å². The maximum Gasteiger partial charge on any atom is 0.234 e. The number of sulfonamides is 1. The highest BCUT2D eigenvalue weighted by Gasteiger charge is 2.09. The van der Waals surface area contributed by atoms with Gasteiger partial charge in [0.1, 0.15) is 0 Å². The summed E-state index contributed by atoms with van der Waals surface area (Å²) in [6.45, 7) is 2.98.